The van der Waals surface area contributed by atoms with Crippen molar-refractivity contribution in [3.63, 3.8) is 0 Å². The number of pyridine rings is 1. The number of hydrogen-bond donors (Lipinski definition) is 1. The van der Waals surface area contributed by atoms with Gasteiger partial charge in [0.1, 0.15) is 11.8 Å². The van der Waals surface area contributed by atoms with Crippen molar-refractivity contribution in [3.8, 4) is 11.1 Å². The highest BCUT2D eigenvalue weighted by Gasteiger charge is 2.37. The molecule has 1 aromatic carbocycles. The molecule has 1 aliphatic heterocycles. The second kappa shape index (κ2) is 10.0. The number of carbonyl (C=O) groups is 1. The van der Waals surface area contributed by atoms with Crippen LogP contribution in [0.2, 0.25) is 0 Å². The highest BCUT2D eigenvalue weighted by Crippen LogP contribution is 2.35. The predicted octanol–water partition coefficient (Wildman–Crippen LogP) is 3.22. The molecular weight excluding hydrogens is 416 g/mol. The van der Waals surface area contributed by atoms with Gasteiger partial charge in [0.05, 0.1) is 6.61 Å². The fourth-order valence-corrected chi connectivity index (χ4v) is 4.69. The summed E-state index contributed by atoms with van der Waals surface area (Å²) < 4.78 is 13.3. The Labute approximate surface area is 194 Å². The monoisotopic (exact) mass is 448 g/mol. The van der Waals surface area contributed by atoms with E-state index in [-0.39, 0.29) is 5.91 Å². The highest BCUT2D eigenvalue weighted by molar-refractivity contribution is 5.96. The maximum absolute atomic E-state index is 13.4. The van der Waals surface area contributed by atoms with Crippen LogP contribution >= 0.6 is 0 Å². The van der Waals surface area contributed by atoms with Crippen molar-refractivity contribution in [1.29, 1.82) is 0 Å². The first-order chi connectivity index (χ1) is 16.3. The first kappa shape index (κ1) is 22.1. The molecule has 5 rings (SSSR count). The van der Waals surface area contributed by atoms with Gasteiger partial charge in [-0.25, -0.2) is 4.98 Å². The number of fused-ring (bicyclic) bond motifs is 1. The third-order valence-corrected chi connectivity index (χ3v) is 6.48. The number of hydrogen-bond acceptors (Lipinski definition) is 5. The summed E-state index contributed by atoms with van der Waals surface area (Å²) in [6, 6.07) is 12.8. The van der Waals surface area contributed by atoms with Crippen LogP contribution in [0.1, 0.15) is 24.8 Å². The van der Waals surface area contributed by atoms with E-state index >= 15 is 0 Å². The van der Waals surface area contributed by atoms with Crippen molar-refractivity contribution in [2.45, 2.75) is 44.5 Å². The van der Waals surface area contributed by atoms with Crippen LogP contribution in [0.3, 0.4) is 0 Å². The molecule has 2 fully saturated rings. The summed E-state index contributed by atoms with van der Waals surface area (Å²) in [6.45, 7) is 4.05. The van der Waals surface area contributed by atoms with E-state index in [2.05, 4.69) is 46.4 Å². The summed E-state index contributed by atoms with van der Waals surface area (Å²) in [4.78, 5) is 20.2. The van der Waals surface area contributed by atoms with E-state index in [0.29, 0.717) is 32.3 Å². The number of amides is 1. The van der Waals surface area contributed by atoms with Gasteiger partial charge in [0.15, 0.2) is 0 Å². The first-order valence-electron chi connectivity index (χ1n) is 11.9. The molecule has 3 heterocycles. The van der Waals surface area contributed by atoms with Gasteiger partial charge in [-0.1, -0.05) is 30.3 Å². The van der Waals surface area contributed by atoms with Crippen molar-refractivity contribution in [1.82, 2.24) is 19.8 Å². The van der Waals surface area contributed by atoms with Gasteiger partial charge in [0.25, 0.3) is 5.91 Å². The van der Waals surface area contributed by atoms with Crippen LogP contribution in [0.5, 0.6) is 0 Å². The zero-order chi connectivity index (χ0) is 22.6. The number of methoxy groups -OCH3 is 1. The van der Waals surface area contributed by atoms with Gasteiger partial charge in [-0.3, -0.25) is 4.79 Å². The Morgan fingerprint density at radius 1 is 1.27 bits per heavy atom. The Bertz CT molecular complexity index is 1090. The summed E-state index contributed by atoms with van der Waals surface area (Å²) >= 11 is 0. The van der Waals surface area contributed by atoms with E-state index < -0.39 is 6.10 Å². The summed E-state index contributed by atoms with van der Waals surface area (Å²) in [5, 5.41) is 4.42. The lowest BCUT2D eigenvalue weighted by Gasteiger charge is -2.30. The topological polar surface area (TPSA) is 68.6 Å². The number of nitrogens with one attached hydrogen (secondary N) is 1. The Balaban J connectivity index is 1.53. The molecule has 1 amide bonds. The number of ether oxygens (including phenoxy) is 2. The molecule has 0 radical (unpaired) electrons. The molecule has 0 spiro atoms. The van der Waals surface area contributed by atoms with E-state index in [0.717, 1.165) is 60.1 Å². The molecule has 0 bridgehead atoms. The molecule has 7 heteroatoms. The van der Waals surface area contributed by atoms with Crippen LogP contribution in [-0.4, -0.2) is 65.9 Å². The molecule has 2 aromatic heterocycles. The van der Waals surface area contributed by atoms with E-state index in [1.165, 1.54) is 0 Å². The molecule has 1 saturated heterocycles. The summed E-state index contributed by atoms with van der Waals surface area (Å²) in [7, 11) is 1.73. The van der Waals surface area contributed by atoms with E-state index in [1.54, 1.807) is 7.11 Å². The largest absolute Gasteiger partial charge is 0.385 e. The normalized spacial score (nSPS) is 18.5. The number of nitrogens with zero attached hydrogens (tertiary/aromatic N) is 3. The molecular formula is C26H32N4O3. The van der Waals surface area contributed by atoms with Crippen LogP contribution < -0.4 is 5.32 Å². The second-order valence-electron chi connectivity index (χ2n) is 8.88. The van der Waals surface area contributed by atoms with Gasteiger partial charge in [-0.2, -0.15) is 0 Å². The summed E-state index contributed by atoms with van der Waals surface area (Å²) in [5.74, 6) is 0.0927. The van der Waals surface area contributed by atoms with Crippen molar-refractivity contribution in [2.24, 2.45) is 0 Å². The molecule has 2 aliphatic rings. The zero-order valence-corrected chi connectivity index (χ0v) is 19.2. The molecule has 1 aliphatic carbocycles. The number of rotatable bonds is 9. The van der Waals surface area contributed by atoms with Crippen LogP contribution in [0.4, 0.5) is 0 Å². The third-order valence-electron chi connectivity index (χ3n) is 6.48. The fourth-order valence-electron chi connectivity index (χ4n) is 4.69. The zero-order valence-electron chi connectivity index (χ0n) is 19.2. The van der Waals surface area contributed by atoms with Crippen molar-refractivity contribution < 1.29 is 14.3 Å². The molecule has 1 atom stereocenters. The SMILES string of the molecule is COCCCn1cc(CN(C(=O)C2CNCCO2)C2CC2)c2c(-c3ccccc3)ccnc21. The first-order valence-corrected chi connectivity index (χ1v) is 11.9. The lowest BCUT2D eigenvalue weighted by Crippen LogP contribution is -2.49. The van der Waals surface area contributed by atoms with Crippen molar-refractivity contribution in [2.75, 3.05) is 33.4 Å². The average molecular weight is 449 g/mol. The Morgan fingerprint density at radius 2 is 2.12 bits per heavy atom. The van der Waals surface area contributed by atoms with Crippen molar-refractivity contribution >= 4 is 16.9 Å². The molecule has 3 aromatic rings. The third kappa shape index (κ3) is 4.81. The molecule has 1 N–H and O–H groups in total. The minimum Gasteiger partial charge on any atom is -0.385 e. The highest BCUT2D eigenvalue weighted by atomic mass is 16.5. The van der Waals surface area contributed by atoms with Gasteiger partial charge in [-0.15, -0.1) is 0 Å². The van der Waals surface area contributed by atoms with Gasteiger partial charge < -0.3 is 24.3 Å². The molecule has 1 saturated carbocycles. The molecule has 1 unspecified atom stereocenters. The minimum atomic E-state index is -0.402. The lowest BCUT2D eigenvalue weighted by atomic mass is 10.0. The number of benzene rings is 1. The van der Waals surface area contributed by atoms with E-state index in [9.17, 15) is 4.79 Å². The predicted molar refractivity (Wildman–Crippen MR) is 128 cm³/mol. The number of aryl methyl sites for hydroxylation is 1. The van der Waals surface area contributed by atoms with Gasteiger partial charge in [0, 0.05) is 63.7 Å². The maximum Gasteiger partial charge on any atom is 0.253 e. The smallest absolute Gasteiger partial charge is 0.253 e. The summed E-state index contributed by atoms with van der Waals surface area (Å²) in [5.41, 5.74) is 4.41. The van der Waals surface area contributed by atoms with Crippen molar-refractivity contribution in [3.05, 3.63) is 54.4 Å². The van der Waals surface area contributed by atoms with Gasteiger partial charge in [0.2, 0.25) is 0 Å². The number of aromatic nitrogens is 2. The number of morpholine rings is 1. The van der Waals surface area contributed by atoms with Gasteiger partial charge in [-0.05, 0) is 42.0 Å². The fraction of sp³-hybridized carbons (Fsp3) is 0.462. The maximum atomic E-state index is 13.4. The second-order valence-corrected chi connectivity index (χ2v) is 8.88. The standard InChI is InChI=1S/C26H32N4O3/c1-32-14-5-13-29-17-20(18-30(21-8-9-21)26(31)23-16-27-12-15-33-23)24-22(10-11-28-25(24)29)19-6-3-2-4-7-19/h2-4,6-7,10-11,17,21,23,27H,5,8-9,12-16,18H2,1H3. The van der Waals surface area contributed by atoms with Crippen LogP contribution in [0, 0.1) is 0 Å². The Hall–Kier alpha value is -2.74. The molecule has 174 valence electrons. The minimum absolute atomic E-state index is 0.0927. The average Bonchev–Trinajstić information content (AvgIpc) is 3.65. The van der Waals surface area contributed by atoms with Crippen LogP contribution in [-0.2, 0) is 27.4 Å². The summed E-state index contributed by atoms with van der Waals surface area (Å²) in [6.07, 6.45) is 6.68. The van der Waals surface area contributed by atoms with E-state index in [1.807, 2.05) is 17.2 Å². The Morgan fingerprint density at radius 3 is 2.85 bits per heavy atom. The Kier molecular flexibility index (Phi) is 6.71. The molecule has 7 nitrogen and oxygen atoms in total. The number of carbonyl (C=O) groups excluding carboxylic acids is 1. The van der Waals surface area contributed by atoms with E-state index in [4.69, 9.17) is 14.5 Å². The van der Waals surface area contributed by atoms with Crippen LogP contribution in [0.25, 0.3) is 22.2 Å². The van der Waals surface area contributed by atoms with Crippen LogP contribution in [0.15, 0.2) is 48.8 Å². The quantitative estimate of drug-likeness (QED) is 0.509. The lowest BCUT2D eigenvalue weighted by molar-refractivity contribution is -0.146. The molecule has 33 heavy (non-hydrogen) atoms. The van der Waals surface area contributed by atoms with Gasteiger partial charge >= 0.3 is 0 Å².